The Morgan fingerprint density at radius 2 is 1.57 bits per heavy atom. The molecule has 2 atom stereocenters. The predicted molar refractivity (Wildman–Crippen MR) is 75.9 cm³/mol. The smallest absolute Gasteiger partial charge is 0.337 e. The van der Waals surface area contributed by atoms with Crippen LogP contribution in [0.25, 0.3) is 10.8 Å². The van der Waals surface area contributed by atoms with Gasteiger partial charge in [0.15, 0.2) is 12.6 Å². The van der Waals surface area contributed by atoms with Crippen molar-refractivity contribution >= 4 is 16.7 Å². The summed E-state index contributed by atoms with van der Waals surface area (Å²) in [6.45, 7) is 0. The minimum Gasteiger partial charge on any atom is -0.465 e. The number of hydrogen-bond donors (Lipinski definition) is 0. The first-order valence-corrected chi connectivity index (χ1v) is 6.55. The zero-order valence-electron chi connectivity index (χ0n) is 12.1. The fraction of sp³-hybridized carbons (Fsp3) is 0.312. The Bertz CT molecular complexity index is 694. The highest BCUT2D eigenvalue weighted by atomic mass is 16.8. The van der Waals surface area contributed by atoms with Gasteiger partial charge in [-0.15, -0.1) is 0 Å². The Morgan fingerprint density at radius 1 is 0.952 bits per heavy atom. The maximum atomic E-state index is 11.6. The molecule has 0 aliphatic carbocycles. The lowest BCUT2D eigenvalue weighted by atomic mass is 10.00. The Kier molecular flexibility index (Phi) is 3.63. The molecule has 0 N–H and O–H groups in total. The fourth-order valence-corrected chi connectivity index (χ4v) is 2.61. The van der Waals surface area contributed by atoms with E-state index in [9.17, 15) is 4.79 Å². The van der Waals surface area contributed by atoms with Crippen molar-refractivity contribution in [3.05, 3.63) is 47.0 Å². The van der Waals surface area contributed by atoms with Crippen LogP contribution in [-0.4, -0.2) is 27.3 Å². The predicted octanol–water partition coefficient (Wildman–Crippen LogP) is 2.95. The third-order valence-corrected chi connectivity index (χ3v) is 3.65. The number of methoxy groups -OCH3 is 3. The maximum Gasteiger partial charge on any atom is 0.337 e. The van der Waals surface area contributed by atoms with Crippen LogP contribution in [0.15, 0.2) is 30.3 Å². The zero-order valence-corrected chi connectivity index (χ0v) is 12.1. The average Bonchev–Trinajstić information content (AvgIpc) is 2.88. The first-order valence-electron chi connectivity index (χ1n) is 6.55. The van der Waals surface area contributed by atoms with Gasteiger partial charge in [0.25, 0.3) is 0 Å². The van der Waals surface area contributed by atoms with Gasteiger partial charge in [0.2, 0.25) is 0 Å². The van der Waals surface area contributed by atoms with E-state index in [1.54, 1.807) is 26.4 Å². The van der Waals surface area contributed by atoms with Gasteiger partial charge in [-0.1, -0.05) is 6.07 Å². The van der Waals surface area contributed by atoms with Crippen LogP contribution < -0.4 is 0 Å². The highest BCUT2D eigenvalue weighted by Crippen LogP contribution is 2.41. The van der Waals surface area contributed by atoms with E-state index in [1.807, 2.05) is 18.2 Å². The summed E-state index contributed by atoms with van der Waals surface area (Å²) < 4.78 is 21.1. The second-order valence-electron chi connectivity index (χ2n) is 4.81. The summed E-state index contributed by atoms with van der Waals surface area (Å²) in [5.41, 5.74) is 2.38. The van der Waals surface area contributed by atoms with Crippen LogP contribution in [0.4, 0.5) is 0 Å². The lowest BCUT2D eigenvalue weighted by Crippen LogP contribution is -2.01. The van der Waals surface area contributed by atoms with E-state index in [1.165, 1.54) is 7.11 Å². The van der Waals surface area contributed by atoms with Crippen LogP contribution in [0, 0.1) is 0 Å². The second kappa shape index (κ2) is 5.44. The number of rotatable bonds is 3. The summed E-state index contributed by atoms with van der Waals surface area (Å²) in [6, 6.07) is 9.39. The van der Waals surface area contributed by atoms with Gasteiger partial charge in [0, 0.05) is 25.3 Å². The number of carbonyl (C=O) groups excluding carboxylic acids is 1. The van der Waals surface area contributed by atoms with Gasteiger partial charge in [0.1, 0.15) is 0 Å². The number of benzene rings is 2. The number of carbonyl (C=O) groups is 1. The van der Waals surface area contributed by atoms with Crippen molar-refractivity contribution in [3.63, 3.8) is 0 Å². The van der Waals surface area contributed by atoms with E-state index >= 15 is 0 Å². The van der Waals surface area contributed by atoms with Crippen LogP contribution in [0.3, 0.4) is 0 Å². The highest BCUT2D eigenvalue weighted by Gasteiger charge is 2.32. The van der Waals surface area contributed by atoms with Crippen LogP contribution >= 0.6 is 0 Å². The molecule has 0 amide bonds. The minimum absolute atomic E-state index is 0.355. The standard InChI is InChI=1S/C16H16O5/c1-18-14(17)10-5-4-9-7-12-13(8-11(9)6-10)16(20-3)21-15(12)19-2/h4-8,15-16H,1-3H3/t15-,16-/m0/s1. The maximum absolute atomic E-state index is 11.6. The Labute approximate surface area is 122 Å². The number of hydrogen-bond acceptors (Lipinski definition) is 5. The molecule has 21 heavy (non-hydrogen) atoms. The molecule has 1 aliphatic heterocycles. The van der Waals surface area contributed by atoms with Gasteiger partial charge >= 0.3 is 5.97 Å². The molecule has 1 heterocycles. The van der Waals surface area contributed by atoms with Crippen molar-refractivity contribution in [2.75, 3.05) is 21.3 Å². The van der Waals surface area contributed by atoms with E-state index in [0.29, 0.717) is 5.56 Å². The van der Waals surface area contributed by atoms with Gasteiger partial charge in [-0.2, -0.15) is 0 Å². The van der Waals surface area contributed by atoms with Gasteiger partial charge in [-0.05, 0) is 35.0 Å². The monoisotopic (exact) mass is 288 g/mol. The summed E-state index contributed by atoms with van der Waals surface area (Å²) in [5, 5.41) is 1.93. The molecule has 5 heteroatoms. The van der Waals surface area contributed by atoms with E-state index in [2.05, 4.69) is 0 Å². The van der Waals surface area contributed by atoms with Crippen molar-refractivity contribution in [2.24, 2.45) is 0 Å². The first kappa shape index (κ1) is 14.0. The molecule has 3 rings (SSSR count). The van der Waals surface area contributed by atoms with E-state index in [-0.39, 0.29) is 5.97 Å². The van der Waals surface area contributed by atoms with E-state index < -0.39 is 12.6 Å². The molecular formula is C16H16O5. The molecule has 2 aromatic carbocycles. The van der Waals surface area contributed by atoms with Gasteiger partial charge in [0.05, 0.1) is 12.7 Å². The number of esters is 1. The number of fused-ring (bicyclic) bond motifs is 2. The van der Waals surface area contributed by atoms with Crippen LogP contribution in [-0.2, 0) is 18.9 Å². The molecule has 110 valence electrons. The molecule has 0 aromatic heterocycles. The second-order valence-corrected chi connectivity index (χ2v) is 4.81. The lowest BCUT2D eigenvalue weighted by Gasteiger charge is -2.10. The summed E-state index contributed by atoms with van der Waals surface area (Å²) in [6.07, 6.45) is -0.897. The third-order valence-electron chi connectivity index (χ3n) is 3.65. The summed E-state index contributed by atoms with van der Waals surface area (Å²) in [4.78, 5) is 11.6. The fourth-order valence-electron chi connectivity index (χ4n) is 2.61. The molecule has 0 radical (unpaired) electrons. The lowest BCUT2D eigenvalue weighted by molar-refractivity contribution is -0.217. The molecule has 0 fully saturated rings. The van der Waals surface area contributed by atoms with Crippen LogP contribution in [0.5, 0.6) is 0 Å². The summed E-state index contributed by atoms with van der Waals surface area (Å²) in [5.74, 6) is -0.355. The number of ether oxygens (including phenoxy) is 4. The molecule has 0 bridgehead atoms. The minimum atomic E-state index is -0.462. The molecule has 0 saturated carbocycles. The molecule has 0 spiro atoms. The summed E-state index contributed by atoms with van der Waals surface area (Å²) >= 11 is 0. The zero-order chi connectivity index (χ0) is 15.0. The quantitative estimate of drug-likeness (QED) is 0.813. The van der Waals surface area contributed by atoms with Gasteiger partial charge in [-0.25, -0.2) is 4.79 Å². The van der Waals surface area contributed by atoms with Gasteiger partial charge in [-0.3, -0.25) is 0 Å². The molecule has 5 nitrogen and oxygen atoms in total. The van der Waals surface area contributed by atoms with E-state index in [0.717, 1.165) is 21.9 Å². The Balaban J connectivity index is 2.14. The SMILES string of the molecule is COC(=O)c1ccc2cc3c(cc2c1)[C@@H](OC)O[C@@H]3OC. The van der Waals surface area contributed by atoms with Crippen molar-refractivity contribution in [1.29, 1.82) is 0 Å². The van der Waals surface area contributed by atoms with Gasteiger partial charge < -0.3 is 18.9 Å². The summed E-state index contributed by atoms with van der Waals surface area (Å²) in [7, 11) is 4.55. The van der Waals surface area contributed by atoms with Crippen molar-refractivity contribution in [2.45, 2.75) is 12.6 Å². The van der Waals surface area contributed by atoms with Crippen LogP contribution in [0.1, 0.15) is 34.1 Å². The molecule has 1 aliphatic rings. The third kappa shape index (κ3) is 2.29. The van der Waals surface area contributed by atoms with E-state index in [4.69, 9.17) is 18.9 Å². The topological polar surface area (TPSA) is 54.0 Å². The highest BCUT2D eigenvalue weighted by molar-refractivity contribution is 5.95. The molecular weight excluding hydrogens is 272 g/mol. The van der Waals surface area contributed by atoms with Crippen molar-refractivity contribution in [1.82, 2.24) is 0 Å². The largest absolute Gasteiger partial charge is 0.465 e. The molecule has 0 saturated heterocycles. The molecule has 2 aromatic rings. The Hall–Kier alpha value is -1.95. The normalized spacial score (nSPS) is 20.5. The van der Waals surface area contributed by atoms with Crippen LogP contribution in [0.2, 0.25) is 0 Å². The van der Waals surface area contributed by atoms with Crippen molar-refractivity contribution < 1.29 is 23.7 Å². The Morgan fingerprint density at radius 3 is 2.14 bits per heavy atom. The first-order chi connectivity index (χ1) is 10.2. The van der Waals surface area contributed by atoms with Crippen molar-refractivity contribution in [3.8, 4) is 0 Å². The average molecular weight is 288 g/mol. The molecule has 0 unspecified atom stereocenters.